The van der Waals surface area contributed by atoms with Crippen LogP contribution in [-0.2, 0) is 11.2 Å². The average molecular weight is 387 g/mol. The highest BCUT2D eigenvalue weighted by Gasteiger charge is 2.23. The number of ether oxygens (including phenoxy) is 1. The van der Waals surface area contributed by atoms with Crippen LogP contribution in [0.25, 0.3) is 0 Å². The molecule has 29 heavy (non-hydrogen) atoms. The first-order chi connectivity index (χ1) is 14.2. The Labute approximate surface area is 169 Å². The van der Waals surface area contributed by atoms with Gasteiger partial charge in [0.15, 0.2) is 0 Å². The van der Waals surface area contributed by atoms with Crippen LogP contribution >= 0.6 is 0 Å². The number of para-hydroxylation sites is 2. The summed E-state index contributed by atoms with van der Waals surface area (Å²) in [5.41, 5.74) is 3.70. The zero-order valence-corrected chi connectivity index (χ0v) is 16.1. The fourth-order valence-corrected chi connectivity index (χ4v) is 3.51. The lowest BCUT2D eigenvalue weighted by molar-refractivity contribution is 0.0601. The fraction of sp³-hybridized carbons (Fsp3) is 0.174. The van der Waals surface area contributed by atoms with Crippen molar-refractivity contribution in [1.82, 2.24) is 4.98 Å². The number of aromatic nitrogens is 1. The largest absolute Gasteiger partial charge is 0.465 e. The summed E-state index contributed by atoms with van der Waals surface area (Å²) in [4.78, 5) is 31.1. The molecule has 3 aromatic rings. The minimum Gasteiger partial charge on any atom is -0.465 e. The second-order valence-electron chi connectivity index (χ2n) is 6.78. The van der Waals surface area contributed by atoms with Gasteiger partial charge in [-0.05, 0) is 48.7 Å². The van der Waals surface area contributed by atoms with Gasteiger partial charge in [0.25, 0.3) is 5.91 Å². The number of aryl methyl sites for hydroxylation is 1. The molecular weight excluding hydrogens is 366 g/mol. The minimum atomic E-state index is -0.427. The highest BCUT2D eigenvalue weighted by Crippen LogP contribution is 2.28. The molecular formula is C23H21N3O3. The van der Waals surface area contributed by atoms with E-state index in [0.29, 0.717) is 29.2 Å². The van der Waals surface area contributed by atoms with E-state index in [-0.39, 0.29) is 5.91 Å². The van der Waals surface area contributed by atoms with Crippen molar-refractivity contribution in [2.75, 3.05) is 23.9 Å². The first kappa shape index (κ1) is 18.7. The third-order valence-electron chi connectivity index (χ3n) is 4.96. The molecule has 6 nitrogen and oxygen atoms in total. The third-order valence-corrected chi connectivity index (χ3v) is 4.96. The van der Waals surface area contributed by atoms with Crippen molar-refractivity contribution in [3.8, 4) is 0 Å². The molecule has 0 fully saturated rings. The van der Waals surface area contributed by atoms with Gasteiger partial charge in [-0.2, -0.15) is 0 Å². The van der Waals surface area contributed by atoms with E-state index >= 15 is 0 Å². The number of nitrogens with zero attached hydrogens (tertiary/aromatic N) is 2. The van der Waals surface area contributed by atoms with E-state index in [1.165, 1.54) is 12.7 Å². The van der Waals surface area contributed by atoms with E-state index in [1.54, 1.807) is 36.5 Å². The Morgan fingerprint density at radius 1 is 1.03 bits per heavy atom. The summed E-state index contributed by atoms with van der Waals surface area (Å²) in [6.45, 7) is 0.697. The van der Waals surface area contributed by atoms with Gasteiger partial charge in [-0.25, -0.2) is 9.78 Å². The van der Waals surface area contributed by atoms with E-state index in [2.05, 4.69) is 16.4 Å². The number of carbonyl (C=O) groups excluding carboxylic acids is 2. The van der Waals surface area contributed by atoms with Gasteiger partial charge in [-0.15, -0.1) is 0 Å². The zero-order chi connectivity index (χ0) is 20.2. The van der Waals surface area contributed by atoms with Gasteiger partial charge in [-0.1, -0.05) is 30.3 Å². The quantitative estimate of drug-likeness (QED) is 0.679. The van der Waals surface area contributed by atoms with Crippen LogP contribution < -0.4 is 10.2 Å². The number of amides is 1. The smallest absolute Gasteiger partial charge is 0.339 e. The van der Waals surface area contributed by atoms with Gasteiger partial charge in [-0.3, -0.25) is 4.79 Å². The number of esters is 1. The van der Waals surface area contributed by atoms with Crippen molar-refractivity contribution in [2.45, 2.75) is 12.8 Å². The number of methoxy groups -OCH3 is 1. The molecule has 0 radical (unpaired) electrons. The average Bonchev–Trinajstić information content (AvgIpc) is 2.78. The molecule has 146 valence electrons. The zero-order valence-electron chi connectivity index (χ0n) is 16.1. The van der Waals surface area contributed by atoms with E-state index < -0.39 is 5.97 Å². The maximum Gasteiger partial charge on any atom is 0.339 e. The number of carbonyl (C=O) groups is 2. The predicted octanol–water partition coefficient (Wildman–Crippen LogP) is 4.20. The molecule has 1 aromatic heterocycles. The topological polar surface area (TPSA) is 71.5 Å². The Kier molecular flexibility index (Phi) is 5.24. The molecule has 0 bridgehead atoms. The number of rotatable bonds is 4. The summed E-state index contributed by atoms with van der Waals surface area (Å²) < 4.78 is 4.81. The molecule has 0 aliphatic carbocycles. The van der Waals surface area contributed by atoms with Crippen LogP contribution in [0.4, 0.5) is 17.2 Å². The Morgan fingerprint density at radius 2 is 1.83 bits per heavy atom. The normalized spacial score (nSPS) is 12.8. The predicted molar refractivity (Wildman–Crippen MR) is 112 cm³/mol. The van der Waals surface area contributed by atoms with Crippen molar-refractivity contribution in [1.29, 1.82) is 0 Å². The number of anilines is 3. The summed E-state index contributed by atoms with van der Waals surface area (Å²) in [5.74, 6) is 0.0479. The van der Waals surface area contributed by atoms with Crippen molar-refractivity contribution in [2.24, 2.45) is 0 Å². The molecule has 0 unspecified atom stereocenters. The van der Waals surface area contributed by atoms with Crippen LogP contribution in [0.1, 0.15) is 32.7 Å². The molecule has 2 heterocycles. The Morgan fingerprint density at radius 3 is 2.62 bits per heavy atom. The number of hydrogen-bond donors (Lipinski definition) is 1. The minimum absolute atomic E-state index is 0.0637. The van der Waals surface area contributed by atoms with Gasteiger partial charge >= 0.3 is 5.97 Å². The van der Waals surface area contributed by atoms with Crippen molar-refractivity contribution in [3.05, 3.63) is 83.6 Å². The molecule has 6 heteroatoms. The van der Waals surface area contributed by atoms with Gasteiger partial charge in [0.05, 0.1) is 23.9 Å². The number of fused-ring (bicyclic) bond motifs is 1. The summed E-state index contributed by atoms with van der Waals surface area (Å²) >= 11 is 0. The van der Waals surface area contributed by atoms with E-state index in [0.717, 1.165) is 18.5 Å². The van der Waals surface area contributed by atoms with Gasteiger partial charge < -0.3 is 15.0 Å². The Balaban J connectivity index is 1.54. The SMILES string of the molecule is COC(=O)c1ccccc1Nc1ccc(C(=O)N2CCCc3ccccc32)cn1. The van der Waals surface area contributed by atoms with Crippen LogP contribution in [0, 0.1) is 0 Å². The number of pyridine rings is 1. The van der Waals surface area contributed by atoms with Gasteiger partial charge in [0.2, 0.25) is 0 Å². The van der Waals surface area contributed by atoms with Crippen molar-refractivity contribution in [3.63, 3.8) is 0 Å². The lowest BCUT2D eigenvalue weighted by Gasteiger charge is -2.29. The molecule has 1 aliphatic heterocycles. The van der Waals surface area contributed by atoms with Crippen molar-refractivity contribution >= 4 is 29.1 Å². The Hall–Kier alpha value is -3.67. The highest BCUT2D eigenvalue weighted by atomic mass is 16.5. The van der Waals surface area contributed by atoms with E-state index in [1.807, 2.05) is 29.2 Å². The molecule has 1 amide bonds. The third kappa shape index (κ3) is 3.82. The van der Waals surface area contributed by atoms with Crippen LogP contribution in [0.15, 0.2) is 66.9 Å². The van der Waals surface area contributed by atoms with Gasteiger partial charge in [0.1, 0.15) is 5.82 Å². The second-order valence-corrected chi connectivity index (χ2v) is 6.78. The fourth-order valence-electron chi connectivity index (χ4n) is 3.51. The molecule has 1 N–H and O–H groups in total. The van der Waals surface area contributed by atoms with E-state index in [4.69, 9.17) is 4.74 Å². The first-order valence-electron chi connectivity index (χ1n) is 9.47. The summed E-state index contributed by atoms with van der Waals surface area (Å²) in [6, 6.07) is 18.5. The van der Waals surface area contributed by atoms with Crippen LogP contribution in [0.2, 0.25) is 0 Å². The van der Waals surface area contributed by atoms with Gasteiger partial charge in [0, 0.05) is 18.4 Å². The summed E-state index contributed by atoms with van der Waals surface area (Å²) in [7, 11) is 1.34. The lowest BCUT2D eigenvalue weighted by Crippen LogP contribution is -2.35. The number of benzene rings is 2. The second kappa shape index (κ2) is 8.14. The molecule has 2 aromatic carbocycles. The maximum atomic E-state index is 13.0. The van der Waals surface area contributed by atoms with Crippen LogP contribution in [0.5, 0.6) is 0 Å². The molecule has 0 saturated heterocycles. The maximum absolute atomic E-state index is 13.0. The standard InChI is InChI=1S/C23H21N3O3/c1-29-23(28)18-9-3-4-10-19(18)25-21-13-12-17(15-24-21)22(27)26-14-6-8-16-7-2-5-11-20(16)26/h2-5,7,9-13,15H,6,8,14H2,1H3,(H,24,25). The molecule has 4 rings (SSSR count). The molecule has 0 spiro atoms. The highest BCUT2D eigenvalue weighted by molar-refractivity contribution is 6.06. The lowest BCUT2D eigenvalue weighted by atomic mass is 10.0. The first-order valence-corrected chi connectivity index (χ1v) is 9.47. The molecule has 1 aliphatic rings. The molecule has 0 atom stereocenters. The van der Waals surface area contributed by atoms with Crippen molar-refractivity contribution < 1.29 is 14.3 Å². The summed E-state index contributed by atoms with van der Waals surface area (Å²) in [6.07, 6.45) is 3.49. The monoisotopic (exact) mass is 387 g/mol. The molecule has 0 saturated carbocycles. The van der Waals surface area contributed by atoms with E-state index in [9.17, 15) is 9.59 Å². The Bertz CT molecular complexity index is 1050. The van der Waals surface area contributed by atoms with Crippen LogP contribution in [-0.4, -0.2) is 30.5 Å². The number of hydrogen-bond acceptors (Lipinski definition) is 5. The van der Waals surface area contributed by atoms with Crippen LogP contribution in [0.3, 0.4) is 0 Å². The number of nitrogens with one attached hydrogen (secondary N) is 1. The summed E-state index contributed by atoms with van der Waals surface area (Å²) in [5, 5.41) is 3.11.